The molecule has 0 aliphatic carbocycles. The molecular formula is C19H19N3O2. The molecule has 1 aliphatic rings. The number of piperidine rings is 1. The molecule has 122 valence electrons. The second-order valence-corrected chi connectivity index (χ2v) is 6.33. The van der Waals surface area contributed by atoms with Gasteiger partial charge in [0, 0.05) is 48.5 Å². The van der Waals surface area contributed by atoms with Crippen LogP contribution in [0, 0.1) is 6.92 Å². The Morgan fingerprint density at radius 3 is 3.04 bits per heavy atom. The lowest BCUT2D eigenvalue weighted by atomic mass is 9.94. The average molecular weight is 321 g/mol. The van der Waals surface area contributed by atoms with E-state index in [0.29, 0.717) is 12.1 Å². The summed E-state index contributed by atoms with van der Waals surface area (Å²) < 4.78 is 5.58. The average Bonchev–Trinajstić information content (AvgIpc) is 3.01. The van der Waals surface area contributed by atoms with Gasteiger partial charge < -0.3 is 9.32 Å². The van der Waals surface area contributed by atoms with Crippen LogP contribution in [-0.4, -0.2) is 33.9 Å². The highest BCUT2D eigenvalue weighted by Crippen LogP contribution is 2.27. The third kappa shape index (κ3) is 2.77. The summed E-state index contributed by atoms with van der Waals surface area (Å²) >= 11 is 0. The molecule has 1 amide bonds. The minimum absolute atomic E-state index is 0.0735. The first-order valence-electron chi connectivity index (χ1n) is 8.26. The fourth-order valence-electron chi connectivity index (χ4n) is 3.42. The summed E-state index contributed by atoms with van der Waals surface area (Å²) in [7, 11) is 0. The summed E-state index contributed by atoms with van der Waals surface area (Å²) in [6.45, 7) is 3.40. The van der Waals surface area contributed by atoms with Gasteiger partial charge in [0.2, 0.25) is 0 Å². The van der Waals surface area contributed by atoms with Gasteiger partial charge in [-0.1, -0.05) is 0 Å². The van der Waals surface area contributed by atoms with E-state index in [-0.39, 0.29) is 11.8 Å². The normalized spacial score (nSPS) is 18.0. The fourth-order valence-corrected chi connectivity index (χ4v) is 3.42. The lowest BCUT2D eigenvalue weighted by Crippen LogP contribution is -2.39. The quantitative estimate of drug-likeness (QED) is 0.724. The molecule has 0 saturated carbocycles. The second-order valence-electron chi connectivity index (χ2n) is 6.33. The number of likely N-dealkylation sites (tertiary alicyclic amines) is 1. The van der Waals surface area contributed by atoms with Gasteiger partial charge in [-0.3, -0.25) is 14.8 Å². The van der Waals surface area contributed by atoms with Gasteiger partial charge in [-0.2, -0.15) is 0 Å². The van der Waals surface area contributed by atoms with Gasteiger partial charge in [-0.25, -0.2) is 0 Å². The van der Waals surface area contributed by atoms with Crippen LogP contribution >= 0.6 is 0 Å². The third-order valence-electron chi connectivity index (χ3n) is 4.60. The maximum absolute atomic E-state index is 12.9. The zero-order valence-corrected chi connectivity index (χ0v) is 13.6. The van der Waals surface area contributed by atoms with Crippen molar-refractivity contribution in [2.24, 2.45) is 0 Å². The number of hydrogen-bond acceptors (Lipinski definition) is 4. The van der Waals surface area contributed by atoms with Crippen LogP contribution in [-0.2, 0) is 0 Å². The highest BCUT2D eigenvalue weighted by Gasteiger charge is 2.26. The molecule has 1 atom stereocenters. The molecule has 1 fully saturated rings. The van der Waals surface area contributed by atoms with Gasteiger partial charge >= 0.3 is 0 Å². The van der Waals surface area contributed by atoms with Gasteiger partial charge in [0.1, 0.15) is 11.3 Å². The molecule has 24 heavy (non-hydrogen) atoms. The predicted molar refractivity (Wildman–Crippen MR) is 90.9 cm³/mol. The van der Waals surface area contributed by atoms with E-state index in [1.807, 2.05) is 36.1 Å². The molecule has 1 saturated heterocycles. The van der Waals surface area contributed by atoms with Gasteiger partial charge in [-0.15, -0.1) is 0 Å². The van der Waals surface area contributed by atoms with Crippen LogP contribution in [0.3, 0.4) is 0 Å². The molecule has 5 heteroatoms. The summed E-state index contributed by atoms with van der Waals surface area (Å²) in [6, 6.07) is 7.60. The smallest absolute Gasteiger partial charge is 0.253 e. The molecule has 2 aromatic heterocycles. The van der Waals surface area contributed by atoms with E-state index < -0.39 is 0 Å². The van der Waals surface area contributed by atoms with E-state index >= 15 is 0 Å². The van der Waals surface area contributed by atoms with Gasteiger partial charge in [0.05, 0.1) is 5.69 Å². The highest BCUT2D eigenvalue weighted by molar-refractivity contribution is 5.98. The van der Waals surface area contributed by atoms with Crippen molar-refractivity contribution in [2.75, 3.05) is 13.1 Å². The van der Waals surface area contributed by atoms with Crippen molar-refractivity contribution >= 4 is 16.9 Å². The number of hydrogen-bond donors (Lipinski definition) is 0. The minimum atomic E-state index is 0.0735. The number of nitrogens with zero attached hydrogens (tertiary/aromatic N) is 3. The number of aromatic nitrogens is 2. The first-order chi connectivity index (χ1) is 11.7. The largest absolute Gasteiger partial charge is 0.461 e. The van der Waals surface area contributed by atoms with Crippen LogP contribution in [0.5, 0.6) is 0 Å². The highest BCUT2D eigenvalue weighted by atomic mass is 16.3. The lowest BCUT2D eigenvalue weighted by molar-refractivity contribution is 0.0706. The Balaban J connectivity index is 1.56. The summed E-state index contributed by atoms with van der Waals surface area (Å²) in [4.78, 5) is 23.4. The van der Waals surface area contributed by atoms with Crippen molar-refractivity contribution in [1.82, 2.24) is 14.9 Å². The third-order valence-corrected chi connectivity index (χ3v) is 4.60. The number of aryl methyl sites for hydroxylation is 1. The molecule has 0 unspecified atom stereocenters. The van der Waals surface area contributed by atoms with E-state index in [1.165, 1.54) is 0 Å². The lowest BCUT2D eigenvalue weighted by Gasteiger charge is -2.32. The Bertz CT molecular complexity index is 873. The Morgan fingerprint density at radius 2 is 2.21 bits per heavy atom. The van der Waals surface area contributed by atoms with Crippen LogP contribution < -0.4 is 0 Å². The van der Waals surface area contributed by atoms with Crippen LogP contribution in [0.2, 0.25) is 0 Å². The Kier molecular flexibility index (Phi) is 3.76. The van der Waals surface area contributed by atoms with Crippen LogP contribution in [0.15, 0.2) is 47.3 Å². The van der Waals surface area contributed by atoms with E-state index in [1.54, 1.807) is 18.6 Å². The van der Waals surface area contributed by atoms with Crippen molar-refractivity contribution < 1.29 is 9.21 Å². The summed E-state index contributed by atoms with van der Waals surface area (Å²) in [6.07, 6.45) is 7.23. The summed E-state index contributed by atoms with van der Waals surface area (Å²) in [5.41, 5.74) is 2.50. The Morgan fingerprint density at radius 1 is 1.29 bits per heavy atom. The first-order valence-corrected chi connectivity index (χ1v) is 8.26. The summed E-state index contributed by atoms with van der Waals surface area (Å²) in [5, 5.41) is 0.973. The van der Waals surface area contributed by atoms with Gasteiger partial charge in [-0.05, 0) is 44.0 Å². The topological polar surface area (TPSA) is 59.2 Å². The summed E-state index contributed by atoms with van der Waals surface area (Å²) in [5.74, 6) is 1.19. The van der Waals surface area contributed by atoms with Crippen LogP contribution in [0.4, 0.5) is 0 Å². The number of rotatable bonds is 2. The number of carbonyl (C=O) groups excluding carboxylic acids is 1. The number of furan rings is 1. The zero-order valence-electron chi connectivity index (χ0n) is 13.6. The minimum Gasteiger partial charge on any atom is -0.461 e. The van der Waals surface area contributed by atoms with Crippen LogP contribution in [0.25, 0.3) is 11.0 Å². The van der Waals surface area contributed by atoms with Crippen LogP contribution in [0.1, 0.15) is 40.6 Å². The van der Waals surface area contributed by atoms with Crippen molar-refractivity contribution in [2.45, 2.75) is 25.7 Å². The van der Waals surface area contributed by atoms with E-state index in [4.69, 9.17) is 4.42 Å². The molecule has 3 heterocycles. The molecular weight excluding hydrogens is 302 g/mol. The van der Waals surface area contributed by atoms with Crippen molar-refractivity contribution in [1.29, 1.82) is 0 Å². The number of fused-ring (bicyclic) bond motifs is 1. The molecule has 0 radical (unpaired) electrons. The number of carbonyl (C=O) groups is 1. The standard InChI is InChI=1S/C19H19N3O2/c1-13-9-16-10-14(4-5-18(16)24-13)19(23)22-8-2-3-15(12-22)17-11-20-6-7-21-17/h4-7,9-11,15H,2-3,8,12H2,1H3/t15-/m1/s1. The van der Waals surface area contributed by atoms with Crippen molar-refractivity contribution in [3.63, 3.8) is 0 Å². The Hall–Kier alpha value is -2.69. The molecule has 4 rings (SSSR count). The maximum atomic E-state index is 12.9. The van der Waals surface area contributed by atoms with Crippen molar-refractivity contribution in [3.8, 4) is 0 Å². The van der Waals surface area contributed by atoms with Gasteiger partial charge in [0.25, 0.3) is 5.91 Å². The van der Waals surface area contributed by atoms with Gasteiger partial charge in [0.15, 0.2) is 0 Å². The SMILES string of the molecule is Cc1cc2cc(C(=O)N3CCC[C@@H](c4cnccn4)C3)ccc2o1. The fraction of sp³-hybridized carbons (Fsp3) is 0.316. The zero-order chi connectivity index (χ0) is 16.5. The maximum Gasteiger partial charge on any atom is 0.253 e. The molecule has 3 aromatic rings. The molecule has 1 aromatic carbocycles. The predicted octanol–water partition coefficient (Wildman–Crippen LogP) is 3.55. The Labute approximate surface area is 140 Å². The second kappa shape index (κ2) is 6.07. The molecule has 0 bridgehead atoms. The molecule has 5 nitrogen and oxygen atoms in total. The van der Waals surface area contributed by atoms with Crippen molar-refractivity contribution in [3.05, 3.63) is 59.9 Å². The monoisotopic (exact) mass is 321 g/mol. The van der Waals surface area contributed by atoms with E-state index in [2.05, 4.69) is 9.97 Å². The number of benzene rings is 1. The first kappa shape index (κ1) is 14.9. The number of amides is 1. The molecule has 0 N–H and O–H groups in total. The molecule has 1 aliphatic heterocycles. The van der Waals surface area contributed by atoms with E-state index in [9.17, 15) is 4.79 Å². The van der Waals surface area contributed by atoms with E-state index in [0.717, 1.165) is 41.8 Å². The molecule has 0 spiro atoms.